The van der Waals surface area contributed by atoms with E-state index in [2.05, 4.69) is 120 Å². The summed E-state index contributed by atoms with van der Waals surface area (Å²) in [7, 11) is 0. The van der Waals surface area contributed by atoms with E-state index < -0.39 is 11.7 Å². The van der Waals surface area contributed by atoms with Gasteiger partial charge in [0.25, 0.3) is 0 Å². The Morgan fingerprint density at radius 3 is 2.09 bits per heavy atom. The molecule has 0 atom stereocenters. The molecule has 0 unspecified atom stereocenters. The number of hydrogen-bond acceptors (Lipinski definition) is 4. The van der Waals surface area contributed by atoms with Gasteiger partial charge in [-0.1, -0.05) is 131 Å². The Morgan fingerprint density at radius 2 is 1.41 bits per heavy atom. The predicted molar refractivity (Wildman–Crippen MR) is 249 cm³/mol. The van der Waals surface area contributed by atoms with Gasteiger partial charge in [-0.15, -0.1) is 17.7 Å². The van der Waals surface area contributed by atoms with Crippen molar-refractivity contribution >= 4 is 49.3 Å². The molecule has 0 aliphatic rings. The summed E-state index contributed by atoms with van der Waals surface area (Å²) in [5, 5.41) is 13.5. The molecule has 6 nitrogen and oxygen atoms in total. The summed E-state index contributed by atoms with van der Waals surface area (Å²) in [6, 6.07) is 33.9. The zero-order chi connectivity index (χ0) is 44.7. The molecule has 10 aromatic rings. The molecule has 4 aromatic heterocycles. The van der Waals surface area contributed by atoms with E-state index in [9.17, 15) is 18.3 Å². The summed E-state index contributed by atoms with van der Waals surface area (Å²) >= 11 is 0. The van der Waals surface area contributed by atoms with Gasteiger partial charge < -0.3 is 9.51 Å². The van der Waals surface area contributed by atoms with Crippen molar-refractivity contribution in [2.75, 3.05) is 0 Å². The molecule has 0 fully saturated rings. The average molecular weight is 1030 g/mol. The summed E-state index contributed by atoms with van der Waals surface area (Å²) in [5.41, 5.74) is 12.6. The number of halogens is 3. The Morgan fingerprint density at radius 1 is 0.672 bits per heavy atom. The quantitative estimate of drug-likeness (QED) is 0.108. The van der Waals surface area contributed by atoms with Gasteiger partial charge in [0.1, 0.15) is 17.4 Å². The third kappa shape index (κ3) is 6.60. The van der Waals surface area contributed by atoms with Crippen LogP contribution in [-0.2, 0) is 38.1 Å². The number of hydrogen-bond donors (Lipinski definition) is 1. The molecule has 0 aliphatic heterocycles. The van der Waals surface area contributed by atoms with E-state index >= 15 is 0 Å². The third-order valence-corrected chi connectivity index (χ3v) is 12.6. The van der Waals surface area contributed by atoms with E-state index in [0.29, 0.717) is 55.6 Å². The SMILES string of the molecule is Cc1cc(C)c(-n2c(-c3cc(C(C)(C)C)cc(C(C)(C)C)c3O)nc3c(-c4[c-]c5c6ncc(C(F)(F)F)c7ccc8nc(C)n(c5c(C)c4)c8c76)cccc32)c(-c2ccccc2)c1.[Pt]. The molecule has 6 aromatic carbocycles. The van der Waals surface area contributed by atoms with Crippen molar-refractivity contribution in [3.05, 3.63) is 142 Å². The summed E-state index contributed by atoms with van der Waals surface area (Å²) in [4.78, 5) is 14.9. The molecule has 0 amide bonds. The van der Waals surface area contributed by atoms with Crippen molar-refractivity contribution in [1.82, 2.24) is 23.9 Å². The topological polar surface area (TPSA) is 68.2 Å². The number of phenolic OH excluding ortho intramolecular Hbond substituents is 1. The van der Waals surface area contributed by atoms with Gasteiger partial charge >= 0.3 is 6.18 Å². The monoisotopic (exact) mass is 1030 g/mol. The number of aromatic hydroxyl groups is 1. The molecule has 0 saturated heterocycles. The van der Waals surface area contributed by atoms with E-state index in [-0.39, 0.29) is 43.0 Å². The largest absolute Gasteiger partial charge is 0.507 e. The minimum absolute atomic E-state index is 0. The molecule has 0 saturated carbocycles. The van der Waals surface area contributed by atoms with Gasteiger partial charge in [0.15, 0.2) is 0 Å². The van der Waals surface area contributed by atoms with Crippen molar-refractivity contribution in [3.63, 3.8) is 0 Å². The van der Waals surface area contributed by atoms with Crippen LogP contribution in [0.4, 0.5) is 13.2 Å². The van der Waals surface area contributed by atoms with Crippen LogP contribution in [0.5, 0.6) is 5.75 Å². The molecule has 0 spiro atoms. The molecule has 326 valence electrons. The van der Waals surface area contributed by atoms with Gasteiger partial charge in [-0.25, -0.2) is 9.97 Å². The molecule has 4 heterocycles. The third-order valence-electron chi connectivity index (χ3n) is 12.6. The number of rotatable bonds is 4. The van der Waals surface area contributed by atoms with E-state index in [4.69, 9.17) is 9.97 Å². The number of aryl methyl sites for hydroxylation is 4. The van der Waals surface area contributed by atoms with Gasteiger partial charge in [0.05, 0.1) is 38.9 Å². The second-order valence-electron chi connectivity index (χ2n) is 19.2. The zero-order valence-corrected chi connectivity index (χ0v) is 39.6. The normalized spacial score (nSPS) is 12.7. The van der Waals surface area contributed by atoms with E-state index in [1.807, 2.05) is 48.6 Å². The maximum absolute atomic E-state index is 14.5. The van der Waals surface area contributed by atoms with Crippen molar-refractivity contribution in [1.29, 1.82) is 0 Å². The Bertz CT molecular complexity index is 3520. The van der Waals surface area contributed by atoms with Crippen molar-refractivity contribution < 1.29 is 39.3 Å². The first-order valence-electron chi connectivity index (χ1n) is 21.2. The van der Waals surface area contributed by atoms with Crippen LogP contribution in [0.1, 0.15) is 80.7 Å². The van der Waals surface area contributed by atoms with Crippen molar-refractivity contribution in [2.45, 2.75) is 86.2 Å². The van der Waals surface area contributed by atoms with Crippen molar-refractivity contribution in [3.8, 4) is 45.1 Å². The fourth-order valence-electron chi connectivity index (χ4n) is 9.64. The average Bonchev–Trinajstić information content (AvgIpc) is 3.76. The maximum atomic E-state index is 14.5. The number of imidazole rings is 2. The van der Waals surface area contributed by atoms with Crippen molar-refractivity contribution in [2.24, 2.45) is 0 Å². The van der Waals surface area contributed by atoms with Crippen LogP contribution < -0.4 is 0 Å². The van der Waals surface area contributed by atoms with E-state index in [1.165, 1.54) is 6.07 Å². The molecule has 64 heavy (non-hydrogen) atoms. The Hall–Kier alpha value is -6.05. The minimum Gasteiger partial charge on any atom is -0.507 e. The van der Waals surface area contributed by atoms with Gasteiger partial charge in [0, 0.05) is 49.3 Å². The molecule has 0 radical (unpaired) electrons. The predicted octanol–water partition coefficient (Wildman–Crippen LogP) is 14.3. The molecule has 0 bridgehead atoms. The van der Waals surface area contributed by atoms with E-state index in [0.717, 1.165) is 67.4 Å². The first kappa shape index (κ1) is 43.2. The Labute approximate surface area is 384 Å². The standard InChI is InChI=1S/C54H47F3N5O.Pt/c1-28-21-29(2)47(37(22-28)32-15-12-11-13-16-32)62-43-18-14-17-35(45(43)60-51(62)39-25-34(52(5,6)7)26-40(50(39)63)53(8,9)10)33-23-30(3)48-38(24-33)46-44-36(41(27-58-46)54(55,56)57)19-20-42-49(44)61(48)31(4)59-42;/h11-23,25-27,63H,1-10H3;/q-1;. The number of benzene rings is 6. The summed E-state index contributed by atoms with van der Waals surface area (Å²) < 4.78 is 47.7. The number of phenols is 1. The number of nitrogens with zero attached hydrogens (tertiary/aromatic N) is 5. The number of fused-ring (bicyclic) bond motifs is 4. The van der Waals surface area contributed by atoms with Gasteiger partial charge in [0.2, 0.25) is 0 Å². The maximum Gasteiger partial charge on any atom is 0.418 e. The second kappa shape index (κ2) is 14.7. The molecule has 1 N–H and O–H groups in total. The Kier molecular flexibility index (Phi) is 9.96. The summed E-state index contributed by atoms with van der Waals surface area (Å²) in [5.74, 6) is 1.42. The Balaban J connectivity index is 0.00000518. The van der Waals surface area contributed by atoms with Crippen LogP contribution in [0.25, 0.3) is 88.6 Å². The number of alkyl halides is 3. The van der Waals surface area contributed by atoms with Gasteiger partial charge in [-0.05, 0) is 83.5 Å². The zero-order valence-electron chi connectivity index (χ0n) is 37.4. The smallest absolute Gasteiger partial charge is 0.418 e. The molecule has 10 rings (SSSR count). The van der Waals surface area contributed by atoms with Gasteiger partial charge in [-0.3, -0.25) is 9.55 Å². The fraction of sp³-hybridized carbons (Fsp3) is 0.241. The van der Waals surface area contributed by atoms with Crippen LogP contribution in [0.2, 0.25) is 0 Å². The molecule has 0 aliphatic carbocycles. The second-order valence-corrected chi connectivity index (χ2v) is 19.2. The molecular formula is C54H47F3N5OPt-. The first-order chi connectivity index (χ1) is 29.7. The van der Waals surface area contributed by atoms with Crippen LogP contribution in [-0.4, -0.2) is 29.0 Å². The van der Waals surface area contributed by atoms with Crippen LogP contribution in [0.15, 0.2) is 97.2 Å². The van der Waals surface area contributed by atoms with Crippen LogP contribution >= 0.6 is 0 Å². The van der Waals surface area contributed by atoms with Crippen LogP contribution in [0, 0.1) is 33.8 Å². The van der Waals surface area contributed by atoms with Gasteiger partial charge in [-0.2, -0.15) is 13.2 Å². The molecule has 10 heteroatoms. The summed E-state index contributed by atoms with van der Waals surface area (Å²) in [6.45, 7) is 21.0. The molecular weight excluding hydrogens is 987 g/mol. The number of pyridine rings is 2. The number of aromatic nitrogens is 5. The summed E-state index contributed by atoms with van der Waals surface area (Å²) in [6.07, 6.45) is -3.66. The minimum atomic E-state index is -4.60. The van der Waals surface area contributed by atoms with Crippen LogP contribution in [0.3, 0.4) is 0 Å². The van der Waals surface area contributed by atoms with E-state index in [1.54, 1.807) is 6.07 Å². The number of para-hydroxylation sites is 1. The fourth-order valence-corrected chi connectivity index (χ4v) is 9.64. The first-order valence-corrected chi connectivity index (χ1v) is 21.2.